The van der Waals surface area contributed by atoms with E-state index < -0.39 is 10.2 Å². The maximum atomic E-state index is 12.3. The molecule has 1 aromatic carbocycles. The minimum Gasteiger partial charge on any atom is -0.493 e. The standard InChI is InChI=1S/C15H24N2O4S/c1-13-7-5-6-11-17(13)22(18,19)16-10-12-21-15-9-4-3-8-14(15)20-2/h3-4,8-9,13,16H,5-7,10-12H2,1-2H3/t13-/m0/s1. The third-order valence-electron chi connectivity index (χ3n) is 3.76. The summed E-state index contributed by atoms with van der Waals surface area (Å²) in [5, 5.41) is 0. The van der Waals surface area contributed by atoms with Gasteiger partial charge in [0.15, 0.2) is 11.5 Å². The number of methoxy groups -OCH3 is 1. The molecule has 0 spiro atoms. The van der Waals surface area contributed by atoms with Crippen LogP contribution in [-0.2, 0) is 10.2 Å². The van der Waals surface area contributed by atoms with Crippen molar-refractivity contribution in [2.45, 2.75) is 32.2 Å². The second-order valence-corrected chi connectivity index (χ2v) is 7.06. The minimum absolute atomic E-state index is 0.0568. The number of para-hydroxylation sites is 2. The molecular weight excluding hydrogens is 304 g/mol. The summed E-state index contributed by atoms with van der Waals surface area (Å²) in [6.45, 7) is 3.01. The van der Waals surface area contributed by atoms with Gasteiger partial charge in [-0.3, -0.25) is 0 Å². The maximum Gasteiger partial charge on any atom is 0.279 e. The number of hydrogen-bond acceptors (Lipinski definition) is 4. The van der Waals surface area contributed by atoms with Gasteiger partial charge in [0.1, 0.15) is 6.61 Å². The number of hydrogen-bond donors (Lipinski definition) is 1. The van der Waals surface area contributed by atoms with Crippen LogP contribution in [0.15, 0.2) is 24.3 Å². The molecule has 1 N–H and O–H groups in total. The molecule has 1 saturated heterocycles. The van der Waals surface area contributed by atoms with E-state index >= 15 is 0 Å². The fraction of sp³-hybridized carbons (Fsp3) is 0.600. The van der Waals surface area contributed by atoms with Gasteiger partial charge >= 0.3 is 0 Å². The summed E-state index contributed by atoms with van der Waals surface area (Å²) in [5.74, 6) is 1.24. The first-order valence-electron chi connectivity index (χ1n) is 7.57. The fourth-order valence-corrected chi connectivity index (χ4v) is 4.04. The predicted octanol–water partition coefficient (Wildman–Crippen LogP) is 1.78. The Hall–Kier alpha value is -1.31. The molecule has 0 radical (unpaired) electrons. The van der Waals surface area contributed by atoms with E-state index in [4.69, 9.17) is 9.47 Å². The summed E-state index contributed by atoms with van der Waals surface area (Å²) in [4.78, 5) is 0. The van der Waals surface area contributed by atoms with Crippen LogP contribution in [0.3, 0.4) is 0 Å². The van der Waals surface area contributed by atoms with E-state index in [0.29, 0.717) is 18.0 Å². The molecule has 1 aliphatic heterocycles. The second-order valence-electron chi connectivity index (χ2n) is 5.35. The first-order chi connectivity index (χ1) is 10.5. The summed E-state index contributed by atoms with van der Waals surface area (Å²) < 4.78 is 39.4. The molecule has 124 valence electrons. The quantitative estimate of drug-likeness (QED) is 0.775. The van der Waals surface area contributed by atoms with Crippen LogP contribution in [0.5, 0.6) is 11.5 Å². The highest BCUT2D eigenvalue weighted by atomic mass is 32.2. The Bertz CT molecular complexity index is 577. The van der Waals surface area contributed by atoms with Crippen molar-refractivity contribution in [3.8, 4) is 11.5 Å². The number of piperidine rings is 1. The van der Waals surface area contributed by atoms with Crippen LogP contribution in [0, 0.1) is 0 Å². The minimum atomic E-state index is -3.43. The lowest BCUT2D eigenvalue weighted by Crippen LogP contribution is -2.48. The zero-order valence-electron chi connectivity index (χ0n) is 13.1. The zero-order chi connectivity index (χ0) is 16.0. The van der Waals surface area contributed by atoms with Crippen LogP contribution >= 0.6 is 0 Å². The summed E-state index contributed by atoms with van der Waals surface area (Å²) in [6, 6.07) is 7.35. The number of rotatable bonds is 7. The van der Waals surface area contributed by atoms with E-state index in [1.807, 2.05) is 19.1 Å². The SMILES string of the molecule is COc1ccccc1OCCNS(=O)(=O)N1CCCC[C@@H]1C. The van der Waals surface area contributed by atoms with Crippen LogP contribution < -0.4 is 14.2 Å². The lowest BCUT2D eigenvalue weighted by Gasteiger charge is -2.32. The van der Waals surface area contributed by atoms with Crippen molar-refractivity contribution in [2.24, 2.45) is 0 Å². The van der Waals surface area contributed by atoms with Gasteiger partial charge in [-0.15, -0.1) is 0 Å². The lowest BCUT2D eigenvalue weighted by atomic mass is 10.1. The third-order valence-corrected chi connectivity index (χ3v) is 5.49. The summed E-state index contributed by atoms with van der Waals surface area (Å²) in [7, 11) is -1.86. The molecular formula is C15H24N2O4S. The first-order valence-corrected chi connectivity index (χ1v) is 9.01. The lowest BCUT2D eigenvalue weighted by molar-refractivity contribution is 0.261. The van der Waals surface area contributed by atoms with E-state index in [1.165, 1.54) is 0 Å². The maximum absolute atomic E-state index is 12.3. The van der Waals surface area contributed by atoms with E-state index in [-0.39, 0.29) is 19.2 Å². The molecule has 1 fully saturated rings. The van der Waals surface area contributed by atoms with Gasteiger partial charge in [-0.25, -0.2) is 0 Å². The molecule has 0 saturated carbocycles. The average Bonchev–Trinajstić information content (AvgIpc) is 2.52. The van der Waals surface area contributed by atoms with Gasteiger partial charge in [-0.05, 0) is 31.9 Å². The van der Waals surface area contributed by atoms with Crippen LogP contribution in [0.4, 0.5) is 0 Å². The molecule has 0 amide bonds. The smallest absolute Gasteiger partial charge is 0.279 e. The van der Waals surface area contributed by atoms with Gasteiger partial charge in [0.25, 0.3) is 10.2 Å². The molecule has 1 aliphatic rings. The first kappa shape index (κ1) is 17.1. The fourth-order valence-electron chi connectivity index (χ4n) is 2.58. The Morgan fingerprint density at radius 1 is 1.27 bits per heavy atom. The van der Waals surface area contributed by atoms with Crippen molar-refractivity contribution in [3.63, 3.8) is 0 Å². The largest absolute Gasteiger partial charge is 0.493 e. The highest BCUT2D eigenvalue weighted by Gasteiger charge is 2.28. The van der Waals surface area contributed by atoms with Gasteiger partial charge in [0.2, 0.25) is 0 Å². The summed E-state index contributed by atoms with van der Waals surface area (Å²) in [5.41, 5.74) is 0. The van der Waals surface area contributed by atoms with Crippen LogP contribution in [0.25, 0.3) is 0 Å². The van der Waals surface area contributed by atoms with Crippen molar-refractivity contribution in [1.82, 2.24) is 9.03 Å². The highest BCUT2D eigenvalue weighted by Crippen LogP contribution is 2.25. The number of nitrogens with zero attached hydrogens (tertiary/aromatic N) is 1. The van der Waals surface area contributed by atoms with Crippen molar-refractivity contribution >= 4 is 10.2 Å². The van der Waals surface area contributed by atoms with Gasteiger partial charge in [-0.2, -0.15) is 17.4 Å². The Morgan fingerprint density at radius 2 is 2.00 bits per heavy atom. The topological polar surface area (TPSA) is 67.9 Å². The van der Waals surface area contributed by atoms with Crippen molar-refractivity contribution in [3.05, 3.63) is 24.3 Å². The second kappa shape index (κ2) is 7.80. The molecule has 1 atom stereocenters. The molecule has 6 nitrogen and oxygen atoms in total. The molecule has 1 heterocycles. The van der Waals surface area contributed by atoms with Gasteiger partial charge < -0.3 is 9.47 Å². The van der Waals surface area contributed by atoms with Crippen molar-refractivity contribution < 1.29 is 17.9 Å². The Morgan fingerprint density at radius 3 is 2.68 bits per heavy atom. The predicted molar refractivity (Wildman–Crippen MR) is 85.4 cm³/mol. The van der Waals surface area contributed by atoms with Crippen LogP contribution in [0.2, 0.25) is 0 Å². The molecule has 0 aliphatic carbocycles. The number of benzene rings is 1. The third kappa shape index (κ3) is 4.34. The van der Waals surface area contributed by atoms with Gasteiger partial charge in [0, 0.05) is 19.1 Å². The zero-order valence-corrected chi connectivity index (χ0v) is 13.9. The number of nitrogens with one attached hydrogen (secondary N) is 1. The molecule has 0 aromatic heterocycles. The molecule has 22 heavy (non-hydrogen) atoms. The van der Waals surface area contributed by atoms with E-state index in [9.17, 15) is 8.42 Å². The average molecular weight is 328 g/mol. The normalized spacial score (nSPS) is 19.8. The van der Waals surface area contributed by atoms with Crippen LogP contribution in [0.1, 0.15) is 26.2 Å². The molecule has 0 bridgehead atoms. The summed E-state index contributed by atoms with van der Waals surface area (Å²) >= 11 is 0. The van der Waals surface area contributed by atoms with E-state index in [1.54, 1.807) is 23.5 Å². The van der Waals surface area contributed by atoms with Crippen LogP contribution in [-0.4, -0.2) is 45.6 Å². The Balaban J connectivity index is 1.82. The number of ether oxygens (including phenoxy) is 2. The molecule has 2 rings (SSSR count). The molecule has 1 aromatic rings. The van der Waals surface area contributed by atoms with Crippen molar-refractivity contribution in [2.75, 3.05) is 26.8 Å². The van der Waals surface area contributed by atoms with Gasteiger partial charge in [0.05, 0.1) is 7.11 Å². The molecule has 7 heteroatoms. The highest BCUT2D eigenvalue weighted by molar-refractivity contribution is 7.87. The van der Waals surface area contributed by atoms with E-state index in [2.05, 4.69) is 4.72 Å². The Labute approximate surface area is 132 Å². The Kier molecular flexibility index (Phi) is 6.05. The molecule has 0 unspecified atom stereocenters. The van der Waals surface area contributed by atoms with Gasteiger partial charge in [-0.1, -0.05) is 18.6 Å². The summed E-state index contributed by atoms with van der Waals surface area (Å²) in [6.07, 6.45) is 2.92. The van der Waals surface area contributed by atoms with E-state index in [0.717, 1.165) is 19.3 Å². The monoisotopic (exact) mass is 328 g/mol. The van der Waals surface area contributed by atoms with Crippen molar-refractivity contribution in [1.29, 1.82) is 0 Å².